The predicted molar refractivity (Wildman–Crippen MR) is 97.3 cm³/mol. The molecule has 0 aliphatic carbocycles. The lowest BCUT2D eigenvalue weighted by atomic mass is 10.2. The van der Waals surface area contributed by atoms with Crippen molar-refractivity contribution in [2.45, 2.75) is 6.92 Å². The molecule has 3 aromatic rings. The molecule has 0 radical (unpaired) electrons. The van der Waals surface area contributed by atoms with E-state index in [1.165, 1.54) is 0 Å². The van der Waals surface area contributed by atoms with Crippen LogP contribution in [0.2, 0.25) is 0 Å². The highest BCUT2D eigenvalue weighted by molar-refractivity contribution is 5.55. The van der Waals surface area contributed by atoms with Crippen molar-refractivity contribution in [3.8, 4) is 11.9 Å². The quantitative estimate of drug-likeness (QED) is 0.711. The molecule has 8 nitrogen and oxygen atoms in total. The first-order chi connectivity index (χ1) is 12.7. The van der Waals surface area contributed by atoms with Gasteiger partial charge in [0.05, 0.1) is 5.56 Å². The molecule has 1 aliphatic rings. The van der Waals surface area contributed by atoms with E-state index in [1.807, 2.05) is 25.3 Å². The minimum absolute atomic E-state index is 0.611. The lowest BCUT2D eigenvalue weighted by Gasteiger charge is -2.36. The molecule has 26 heavy (non-hydrogen) atoms. The Morgan fingerprint density at radius 3 is 2.50 bits per heavy atom. The van der Waals surface area contributed by atoms with Crippen molar-refractivity contribution < 1.29 is 0 Å². The number of nitriles is 1. The van der Waals surface area contributed by atoms with E-state index in [1.54, 1.807) is 29.2 Å². The van der Waals surface area contributed by atoms with Crippen LogP contribution in [0.25, 0.3) is 5.82 Å². The van der Waals surface area contributed by atoms with Gasteiger partial charge in [0.1, 0.15) is 23.5 Å². The Hall–Kier alpha value is -3.47. The molecule has 3 aromatic heterocycles. The number of hydrogen-bond acceptors (Lipinski definition) is 7. The van der Waals surface area contributed by atoms with Gasteiger partial charge in [0.25, 0.3) is 0 Å². The number of aromatic nitrogens is 5. The van der Waals surface area contributed by atoms with Crippen molar-refractivity contribution in [3.63, 3.8) is 0 Å². The number of piperazine rings is 1. The van der Waals surface area contributed by atoms with E-state index in [0.717, 1.165) is 43.6 Å². The van der Waals surface area contributed by atoms with Crippen molar-refractivity contribution in [2.75, 3.05) is 36.0 Å². The van der Waals surface area contributed by atoms with Crippen molar-refractivity contribution in [2.24, 2.45) is 0 Å². The number of anilines is 2. The van der Waals surface area contributed by atoms with Gasteiger partial charge in [-0.3, -0.25) is 0 Å². The molecule has 0 aromatic carbocycles. The number of aryl methyl sites for hydroxylation is 1. The third-order valence-electron chi connectivity index (χ3n) is 4.36. The third-order valence-corrected chi connectivity index (χ3v) is 4.36. The molecular weight excluding hydrogens is 328 g/mol. The molecule has 8 heteroatoms. The fraction of sp³-hybridized carbons (Fsp3) is 0.278. The van der Waals surface area contributed by atoms with Gasteiger partial charge in [-0.25, -0.2) is 19.6 Å². The smallest absolute Gasteiger partial charge is 0.159 e. The summed E-state index contributed by atoms with van der Waals surface area (Å²) >= 11 is 0. The average Bonchev–Trinajstić information content (AvgIpc) is 3.22. The van der Waals surface area contributed by atoms with E-state index in [-0.39, 0.29) is 0 Å². The Morgan fingerprint density at radius 2 is 1.77 bits per heavy atom. The minimum atomic E-state index is 0.611. The SMILES string of the molecule is Cc1nc(N2CCN(c3ncccc3C#N)CC2)cc(-n2cccn2)n1. The van der Waals surface area contributed by atoms with Crippen LogP contribution in [0.3, 0.4) is 0 Å². The molecule has 1 saturated heterocycles. The summed E-state index contributed by atoms with van der Waals surface area (Å²) in [6.45, 7) is 5.06. The summed E-state index contributed by atoms with van der Waals surface area (Å²) in [6, 6.07) is 9.64. The summed E-state index contributed by atoms with van der Waals surface area (Å²) in [5.41, 5.74) is 0.611. The van der Waals surface area contributed by atoms with Gasteiger partial charge in [0.15, 0.2) is 5.82 Å². The first-order valence-electron chi connectivity index (χ1n) is 8.45. The number of pyridine rings is 1. The van der Waals surface area contributed by atoms with Gasteiger partial charge in [-0.05, 0) is 25.1 Å². The second kappa shape index (κ2) is 6.80. The van der Waals surface area contributed by atoms with Crippen LogP contribution in [0.5, 0.6) is 0 Å². The monoisotopic (exact) mass is 346 g/mol. The summed E-state index contributed by atoms with van der Waals surface area (Å²) in [4.78, 5) is 17.8. The second-order valence-electron chi connectivity index (χ2n) is 6.04. The molecule has 0 saturated carbocycles. The molecule has 4 heterocycles. The average molecular weight is 346 g/mol. The summed E-state index contributed by atoms with van der Waals surface area (Å²) in [7, 11) is 0. The zero-order valence-electron chi connectivity index (χ0n) is 14.4. The zero-order chi connectivity index (χ0) is 17.9. The van der Waals surface area contributed by atoms with E-state index in [9.17, 15) is 5.26 Å². The van der Waals surface area contributed by atoms with Crippen molar-refractivity contribution in [3.05, 3.63) is 54.2 Å². The van der Waals surface area contributed by atoms with E-state index in [4.69, 9.17) is 0 Å². The minimum Gasteiger partial charge on any atom is -0.353 e. The van der Waals surface area contributed by atoms with Crippen LogP contribution in [-0.4, -0.2) is 50.9 Å². The Morgan fingerprint density at radius 1 is 1.00 bits per heavy atom. The largest absolute Gasteiger partial charge is 0.353 e. The molecular formula is C18H18N8. The van der Waals surface area contributed by atoms with Gasteiger partial charge in [-0.1, -0.05) is 0 Å². The summed E-state index contributed by atoms with van der Waals surface area (Å²) < 4.78 is 1.74. The van der Waals surface area contributed by atoms with E-state index < -0.39 is 0 Å². The Balaban J connectivity index is 1.53. The topological polar surface area (TPSA) is 86.8 Å². The maximum absolute atomic E-state index is 9.28. The highest BCUT2D eigenvalue weighted by Crippen LogP contribution is 2.21. The summed E-state index contributed by atoms with van der Waals surface area (Å²) in [6.07, 6.45) is 5.33. The zero-order valence-corrected chi connectivity index (χ0v) is 14.4. The first kappa shape index (κ1) is 16.0. The van der Waals surface area contributed by atoms with Crippen LogP contribution in [0, 0.1) is 18.3 Å². The lowest BCUT2D eigenvalue weighted by Crippen LogP contribution is -2.47. The van der Waals surface area contributed by atoms with Crippen molar-refractivity contribution in [1.82, 2.24) is 24.7 Å². The highest BCUT2D eigenvalue weighted by Gasteiger charge is 2.21. The van der Waals surface area contributed by atoms with E-state index >= 15 is 0 Å². The van der Waals surface area contributed by atoms with Gasteiger partial charge >= 0.3 is 0 Å². The molecule has 1 fully saturated rings. The standard InChI is InChI=1S/C18H18N8/c1-14-22-16(12-17(23-14)26-7-3-6-21-26)24-8-10-25(11-9-24)18-15(13-19)4-2-5-20-18/h2-7,12H,8-11H2,1H3. The third kappa shape index (κ3) is 3.07. The maximum atomic E-state index is 9.28. The van der Waals surface area contributed by atoms with Gasteiger partial charge in [0, 0.05) is 50.8 Å². The van der Waals surface area contributed by atoms with Crippen molar-refractivity contribution in [1.29, 1.82) is 5.26 Å². The number of hydrogen-bond donors (Lipinski definition) is 0. The van der Waals surface area contributed by atoms with Crippen LogP contribution < -0.4 is 9.80 Å². The fourth-order valence-corrected chi connectivity index (χ4v) is 3.10. The van der Waals surface area contributed by atoms with Gasteiger partial charge < -0.3 is 9.80 Å². The van der Waals surface area contributed by atoms with Crippen LogP contribution in [0.15, 0.2) is 42.9 Å². The lowest BCUT2D eigenvalue weighted by molar-refractivity contribution is 0.638. The van der Waals surface area contributed by atoms with Crippen LogP contribution >= 0.6 is 0 Å². The molecule has 0 atom stereocenters. The molecule has 0 spiro atoms. The van der Waals surface area contributed by atoms with Crippen LogP contribution in [0.4, 0.5) is 11.6 Å². The van der Waals surface area contributed by atoms with E-state index in [2.05, 4.69) is 35.9 Å². The normalized spacial score (nSPS) is 14.3. The van der Waals surface area contributed by atoms with Gasteiger partial charge in [-0.2, -0.15) is 10.4 Å². The van der Waals surface area contributed by atoms with Gasteiger partial charge in [0.2, 0.25) is 0 Å². The van der Waals surface area contributed by atoms with Crippen LogP contribution in [-0.2, 0) is 0 Å². The van der Waals surface area contributed by atoms with Crippen LogP contribution in [0.1, 0.15) is 11.4 Å². The fourth-order valence-electron chi connectivity index (χ4n) is 3.10. The summed E-state index contributed by atoms with van der Waals surface area (Å²) in [5, 5.41) is 13.5. The van der Waals surface area contributed by atoms with E-state index in [0.29, 0.717) is 11.4 Å². The number of rotatable bonds is 3. The molecule has 0 bridgehead atoms. The Bertz CT molecular complexity index is 936. The second-order valence-corrected chi connectivity index (χ2v) is 6.04. The molecule has 0 N–H and O–H groups in total. The predicted octanol–water partition coefficient (Wildman–Crippen LogP) is 1.56. The number of nitrogens with zero attached hydrogens (tertiary/aromatic N) is 8. The molecule has 0 unspecified atom stereocenters. The molecule has 4 rings (SSSR count). The van der Waals surface area contributed by atoms with Gasteiger partial charge in [-0.15, -0.1) is 0 Å². The Labute approximate surface area is 151 Å². The molecule has 130 valence electrons. The highest BCUT2D eigenvalue weighted by atomic mass is 15.3. The van der Waals surface area contributed by atoms with Crippen molar-refractivity contribution >= 4 is 11.6 Å². The maximum Gasteiger partial charge on any atom is 0.159 e. The molecule has 0 amide bonds. The Kier molecular flexibility index (Phi) is 4.19. The summed E-state index contributed by atoms with van der Waals surface area (Å²) in [5.74, 6) is 3.12. The molecule has 1 aliphatic heterocycles. The first-order valence-corrected chi connectivity index (χ1v) is 8.45.